The van der Waals surface area contributed by atoms with Gasteiger partial charge < -0.3 is 4.74 Å². The van der Waals surface area contributed by atoms with Crippen LogP contribution in [-0.2, 0) is 4.74 Å². The van der Waals surface area contributed by atoms with Crippen molar-refractivity contribution in [2.75, 3.05) is 6.61 Å². The quantitative estimate of drug-likeness (QED) is 0.0826. The van der Waals surface area contributed by atoms with E-state index in [-0.39, 0.29) is 0 Å². The van der Waals surface area contributed by atoms with Crippen molar-refractivity contribution in [3.8, 4) is 0 Å². The van der Waals surface area contributed by atoms with Crippen LogP contribution in [0.15, 0.2) is 12.3 Å². The van der Waals surface area contributed by atoms with Gasteiger partial charge >= 0.3 is 0 Å². The summed E-state index contributed by atoms with van der Waals surface area (Å²) in [6, 6.07) is 0. The van der Waals surface area contributed by atoms with Gasteiger partial charge in [0.15, 0.2) is 0 Å². The summed E-state index contributed by atoms with van der Waals surface area (Å²) in [7, 11) is 0. The second-order valence-electron chi connectivity index (χ2n) is 10.7. The molecular weight excluding hydrogens is 400 g/mol. The van der Waals surface area contributed by atoms with Crippen molar-refractivity contribution < 1.29 is 4.74 Å². The smallest absolute Gasteiger partial charge is 0.0901 e. The van der Waals surface area contributed by atoms with E-state index in [1.165, 1.54) is 161 Å². The molecule has 0 aliphatic rings. The van der Waals surface area contributed by atoms with E-state index in [4.69, 9.17) is 4.74 Å². The Morgan fingerprint density at radius 3 is 1.24 bits per heavy atom. The lowest BCUT2D eigenvalue weighted by atomic mass is 9.94. The van der Waals surface area contributed by atoms with E-state index >= 15 is 0 Å². The lowest BCUT2D eigenvalue weighted by molar-refractivity contribution is 0.176. The molecule has 0 saturated heterocycles. The van der Waals surface area contributed by atoms with Gasteiger partial charge in [-0.3, -0.25) is 0 Å². The Bertz CT molecular complexity index is 362. The van der Waals surface area contributed by atoms with Crippen molar-refractivity contribution in [1.29, 1.82) is 0 Å². The first-order valence-electron chi connectivity index (χ1n) is 15.6. The van der Waals surface area contributed by atoms with E-state index in [9.17, 15) is 0 Å². The van der Waals surface area contributed by atoms with Crippen LogP contribution < -0.4 is 0 Å². The van der Waals surface area contributed by atoms with Gasteiger partial charge in [0.2, 0.25) is 0 Å². The van der Waals surface area contributed by atoms with Gasteiger partial charge in [-0.05, 0) is 37.7 Å². The van der Waals surface area contributed by atoms with E-state index in [0.29, 0.717) is 0 Å². The number of unbranched alkanes of at least 4 members (excludes halogenated alkanes) is 20. The third-order valence-electron chi connectivity index (χ3n) is 7.18. The molecule has 0 aromatic heterocycles. The fourth-order valence-corrected chi connectivity index (χ4v) is 4.82. The Hall–Kier alpha value is -0.460. The van der Waals surface area contributed by atoms with Crippen LogP contribution in [0.25, 0.3) is 0 Å². The molecular formula is C32H64O. The molecule has 33 heavy (non-hydrogen) atoms. The first kappa shape index (κ1) is 32.5. The molecule has 0 amide bonds. The minimum atomic E-state index is 0.767. The van der Waals surface area contributed by atoms with Crippen LogP contribution in [0, 0.1) is 5.92 Å². The van der Waals surface area contributed by atoms with Crippen LogP contribution in [0.5, 0.6) is 0 Å². The van der Waals surface area contributed by atoms with Crippen molar-refractivity contribution in [1.82, 2.24) is 0 Å². The van der Waals surface area contributed by atoms with Gasteiger partial charge in [-0.1, -0.05) is 156 Å². The molecule has 0 aliphatic heterocycles. The van der Waals surface area contributed by atoms with Crippen molar-refractivity contribution in [3.63, 3.8) is 0 Å². The predicted octanol–water partition coefficient (Wildman–Crippen LogP) is 11.9. The van der Waals surface area contributed by atoms with Gasteiger partial charge in [-0.15, -0.1) is 0 Å². The van der Waals surface area contributed by atoms with Crippen molar-refractivity contribution in [2.24, 2.45) is 5.92 Å². The van der Waals surface area contributed by atoms with E-state index in [1.807, 2.05) is 6.26 Å². The number of hydrogen-bond acceptors (Lipinski definition) is 1. The molecule has 1 heteroatoms. The maximum absolute atomic E-state index is 5.99. The zero-order valence-corrected chi connectivity index (χ0v) is 23.5. The van der Waals surface area contributed by atoms with Gasteiger partial charge in [-0.2, -0.15) is 0 Å². The number of hydrogen-bond donors (Lipinski definition) is 0. The highest BCUT2D eigenvalue weighted by atomic mass is 16.5. The van der Waals surface area contributed by atoms with Gasteiger partial charge in [0.25, 0.3) is 0 Å². The van der Waals surface area contributed by atoms with Crippen LogP contribution in [0.2, 0.25) is 0 Å². The Morgan fingerprint density at radius 1 is 0.455 bits per heavy atom. The first-order chi connectivity index (χ1) is 16.3. The average Bonchev–Trinajstić information content (AvgIpc) is 2.83. The van der Waals surface area contributed by atoms with Crippen molar-refractivity contribution in [3.05, 3.63) is 12.3 Å². The molecule has 0 fully saturated rings. The highest BCUT2D eigenvalue weighted by Crippen LogP contribution is 2.20. The largest absolute Gasteiger partial charge is 0.501 e. The molecule has 1 unspecified atom stereocenters. The highest BCUT2D eigenvalue weighted by molar-refractivity contribution is 4.74. The molecule has 1 atom stereocenters. The second kappa shape index (κ2) is 29.6. The lowest BCUT2D eigenvalue weighted by Crippen LogP contribution is -2.08. The van der Waals surface area contributed by atoms with E-state index in [0.717, 1.165) is 12.5 Å². The molecule has 0 aromatic rings. The summed E-state index contributed by atoms with van der Waals surface area (Å²) < 4.78 is 5.99. The number of ether oxygens (including phenoxy) is 1. The van der Waals surface area contributed by atoms with Crippen LogP contribution in [0.1, 0.15) is 181 Å². The molecule has 198 valence electrons. The Kier molecular flexibility index (Phi) is 29.2. The third kappa shape index (κ3) is 27.7. The summed E-state index contributed by atoms with van der Waals surface area (Å²) in [5, 5.41) is 0. The summed E-state index contributed by atoms with van der Waals surface area (Å²) in [5.41, 5.74) is 0. The molecule has 1 nitrogen and oxygen atoms in total. The summed E-state index contributed by atoms with van der Waals surface area (Å²) in [4.78, 5) is 0. The van der Waals surface area contributed by atoms with Crippen LogP contribution >= 0.6 is 0 Å². The van der Waals surface area contributed by atoms with E-state index < -0.39 is 0 Å². The molecule has 0 heterocycles. The Balaban J connectivity index is 3.90. The maximum atomic E-state index is 5.99. The standard InChI is InChI=1S/C32H64O/c1-4-7-10-13-16-18-19-21-23-26-29-32(28-25-22-20-17-14-11-8-5-2)31-33-30-27-24-15-12-9-6-3/h27,30,32H,4-26,28-29,31H2,1-3H3/b30-27+. The number of rotatable bonds is 28. The van der Waals surface area contributed by atoms with Gasteiger partial charge in [0.05, 0.1) is 12.9 Å². The Morgan fingerprint density at radius 2 is 0.818 bits per heavy atom. The van der Waals surface area contributed by atoms with Gasteiger partial charge in [-0.25, -0.2) is 0 Å². The molecule has 0 N–H and O–H groups in total. The zero-order valence-electron chi connectivity index (χ0n) is 23.5. The molecule has 0 aliphatic carbocycles. The van der Waals surface area contributed by atoms with Crippen LogP contribution in [-0.4, -0.2) is 6.61 Å². The average molecular weight is 465 g/mol. The van der Waals surface area contributed by atoms with Crippen LogP contribution in [0.4, 0.5) is 0 Å². The van der Waals surface area contributed by atoms with E-state index in [2.05, 4.69) is 26.8 Å². The minimum absolute atomic E-state index is 0.767. The lowest BCUT2D eigenvalue weighted by Gasteiger charge is -2.16. The van der Waals surface area contributed by atoms with Gasteiger partial charge in [0, 0.05) is 0 Å². The molecule has 0 aromatic carbocycles. The van der Waals surface area contributed by atoms with Crippen molar-refractivity contribution >= 4 is 0 Å². The van der Waals surface area contributed by atoms with Crippen LogP contribution in [0.3, 0.4) is 0 Å². The monoisotopic (exact) mass is 464 g/mol. The number of allylic oxidation sites excluding steroid dienone is 1. The molecule has 0 bridgehead atoms. The van der Waals surface area contributed by atoms with E-state index in [1.54, 1.807) is 0 Å². The highest BCUT2D eigenvalue weighted by Gasteiger charge is 2.09. The third-order valence-corrected chi connectivity index (χ3v) is 7.18. The summed E-state index contributed by atoms with van der Waals surface area (Å²) in [5.74, 6) is 0.767. The Labute approximate surface area is 210 Å². The molecule has 0 rings (SSSR count). The maximum Gasteiger partial charge on any atom is 0.0901 e. The second-order valence-corrected chi connectivity index (χ2v) is 10.7. The minimum Gasteiger partial charge on any atom is -0.501 e. The first-order valence-corrected chi connectivity index (χ1v) is 15.6. The molecule has 0 radical (unpaired) electrons. The predicted molar refractivity (Wildman–Crippen MR) is 151 cm³/mol. The van der Waals surface area contributed by atoms with Gasteiger partial charge in [0.1, 0.15) is 0 Å². The fraction of sp³-hybridized carbons (Fsp3) is 0.938. The van der Waals surface area contributed by atoms with Crippen molar-refractivity contribution in [2.45, 2.75) is 181 Å². The molecule has 0 saturated carbocycles. The SMILES string of the molecule is CCCCCC/C=C/OCC(CCCCCCCCCC)CCCCCCCCCCCC. The molecule has 0 spiro atoms. The summed E-state index contributed by atoms with van der Waals surface area (Å²) in [6.07, 6.45) is 39.2. The summed E-state index contributed by atoms with van der Waals surface area (Å²) >= 11 is 0. The zero-order chi connectivity index (χ0) is 24.1. The topological polar surface area (TPSA) is 9.23 Å². The fourth-order valence-electron chi connectivity index (χ4n) is 4.82. The summed E-state index contributed by atoms with van der Waals surface area (Å²) in [6.45, 7) is 7.83. The normalized spacial score (nSPS) is 12.6.